The smallest absolute Gasteiger partial charge is 0.105 e. The van der Waals surface area contributed by atoms with Crippen molar-refractivity contribution in [1.82, 2.24) is 0 Å². The second-order valence-corrected chi connectivity index (χ2v) is 3.50. The van der Waals surface area contributed by atoms with Gasteiger partial charge in [-0.1, -0.05) is 12.1 Å². The van der Waals surface area contributed by atoms with E-state index in [1.165, 1.54) is 0 Å². The number of isothiocyanates is 1. The van der Waals surface area contributed by atoms with Crippen molar-refractivity contribution in [2.45, 2.75) is 18.6 Å². The van der Waals surface area contributed by atoms with Crippen LogP contribution in [-0.4, -0.2) is 33.2 Å². The monoisotopic (exact) mass is 239 g/mol. The molecule has 0 saturated heterocycles. The van der Waals surface area contributed by atoms with Gasteiger partial charge in [0.15, 0.2) is 0 Å². The fraction of sp³-hybridized carbons (Fsp3) is 0.364. The van der Waals surface area contributed by atoms with Crippen LogP contribution in [0.4, 0.5) is 5.69 Å². The van der Waals surface area contributed by atoms with Gasteiger partial charge in [0.2, 0.25) is 0 Å². The standard InChI is InChI=1S/C11H13NO3S/c13-6-5-10(14)11(15)8-1-3-9(4-2-8)12-7-16/h1-4,10-11,13-15H,5-6H2. The summed E-state index contributed by atoms with van der Waals surface area (Å²) in [6.45, 7) is -0.161. The van der Waals surface area contributed by atoms with Gasteiger partial charge in [-0.25, -0.2) is 0 Å². The second kappa shape index (κ2) is 6.48. The highest BCUT2D eigenvalue weighted by atomic mass is 32.1. The van der Waals surface area contributed by atoms with Crippen LogP contribution < -0.4 is 0 Å². The molecule has 0 radical (unpaired) electrons. The van der Waals surface area contributed by atoms with E-state index in [4.69, 9.17) is 5.11 Å². The lowest BCUT2D eigenvalue weighted by Crippen LogP contribution is -2.19. The van der Waals surface area contributed by atoms with E-state index in [1.807, 2.05) is 0 Å². The van der Waals surface area contributed by atoms with Crippen LogP contribution in [0.15, 0.2) is 29.3 Å². The summed E-state index contributed by atoms with van der Waals surface area (Å²) in [5.41, 5.74) is 1.21. The maximum Gasteiger partial charge on any atom is 0.105 e. The Labute approximate surface area is 98.9 Å². The fourth-order valence-electron chi connectivity index (χ4n) is 1.31. The maximum absolute atomic E-state index is 9.71. The minimum atomic E-state index is -1.00. The van der Waals surface area contributed by atoms with Gasteiger partial charge in [0.05, 0.1) is 17.0 Å². The lowest BCUT2D eigenvalue weighted by Gasteiger charge is -2.17. The van der Waals surface area contributed by atoms with Gasteiger partial charge in [-0.3, -0.25) is 0 Å². The Kier molecular flexibility index (Phi) is 5.25. The highest BCUT2D eigenvalue weighted by Gasteiger charge is 2.17. The van der Waals surface area contributed by atoms with Crippen molar-refractivity contribution in [2.75, 3.05) is 6.61 Å². The van der Waals surface area contributed by atoms with E-state index in [2.05, 4.69) is 22.4 Å². The molecule has 0 amide bonds. The lowest BCUT2D eigenvalue weighted by molar-refractivity contribution is 0.00422. The summed E-state index contributed by atoms with van der Waals surface area (Å²) in [4.78, 5) is 3.77. The van der Waals surface area contributed by atoms with E-state index in [0.29, 0.717) is 11.3 Å². The van der Waals surface area contributed by atoms with Gasteiger partial charge in [-0.15, -0.1) is 0 Å². The predicted molar refractivity (Wildman–Crippen MR) is 63.8 cm³/mol. The van der Waals surface area contributed by atoms with E-state index < -0.39 is 12.2 Å². The number of rotatable bonds is 5. The molecule has 2 atom stereocenters. The van der Waals surface area contributed by atoms with Crippen LogP contribution in [0, 0.1) is 0 Å². The first-order chi connectivity index (χ1) is 7.69. The van der Waals surface area contributed by atoms with E-state index in [1.54, 1.807) is 24.3 Å². The van der Waals surface area contributed by atoms with Gasteiger partial charge in [0.25, 0.3) is 0 Å². The third-order valence-corrected chi connectivity index (χ3v) is 2.29. The number of aliphatic imine (C=N–C) groups is 1. The van der Waals surface area contributed by atoms with Gasteiger partial charge in [0.1, 0.15) is 6.10 Å². The number of benzene rings is 1. The number of thiocarbonyl (C=S) groups is 1. The zero-order chi connectivity index (χ0) is 12.0. The molecular formula is C11H13NO3S. The summed E-state index contributed by atoms with van der Waals surface area (Å²) in [7, 11) is 0. The Morgan fingerprint density at radius 2 is 1.88 bits per heavy atom. The molecule has 1 rings (SSSR count). The Morgan fingerprint density at radius 1 is 1.25 bits per heavy atom. The first-order valence-electron chi connectivity index (χ1n) is 4.84. The quantitative estimate of drug-likeness (QED) is 0.533. The molecule has 0 aliphatic rings. The van der Waals surface area contributed by atoms with Crippen molar-refractivity contribution < 1.29 is 15.3 Å². The largest absolute Gasteiger partial charge is 0.396 e. The second-order valence-electron chi connectivity index (χ2n) is 3.32. The third kappa shape index (κ3) is 3.48. The van der Waals surface area contributed by atoms with Gasteiger partial charge in [0, 0.05) is 6.61 Å². The Bertz CT molecular complexity index is 373. The van der Waals surface area contributed by atoms with E-state index >= 15 is 0 Å². The molecule has 3 N–H and O–H groups in total. The number of aliphatic hydroxyl groups is 3. The lowest BCUT2D eigenvalue weighted by atomic mass is 10.0. The van der Waals surface area contributed by atoms with Crippen molar-refractivity contribution in [3.05, 3.63) is 29.8 Å². The molecule has 0 spiro atoms. The molecule has 4 nitrogen and oxygen atoms in total. The molecule has 0 bridgehead atoms. The van der Waals surface area contributed by atoms with Crippen molar-refractivity contribution >= 4 is 23.1 Å². The average molecular weight is 239 g/mol. The minimum Gasteiger partial charge on any atom is -0.396 e. The van der Waals surface area contributed by atoms with Crippen LogP contribution in [0.25, 0.3) is 0 Å². The molecule has 1 aromatic rings. The van der Waals surface area contributed by atoms with Gasteiger partial charge in [-0.2, -0.15) is 4.99 Å². The Balaban J connectivity index is 2.76. The molecule has 0 aliphatic heterocycles. The number of hydrogen-bond acceptors (Lipinski definition) is 5. The molecule has 16 heavy (non-hydrogen) atoms. The predicted octanol–water partition coefficient (Wildman–Crippen LogP) is 1.20. The molecule has 2 unspecified atom stereocenters. The number of nitrogens with zero attached hydrogens (tertiary/aromatic N) is 1. The molecule has 0 aromatic heterocycles. The van der Waals surface area contributed by atoms with Crippen LogP contribution in [-0.2, 0) is 0 Å². The summed E-state index contributed by atoms with van der Waals surface area (Å²) in [6, 6.07) is 6.64. The maximum atomic E-state index is 9.71. The van der Waals surface area contributed by atoms with Gasteiger partial charge < -0.3 is 15.3 Å². The van der Waals surface area contributed by atoms with Crippen molar-refractivity contribution in [2.24, 2.45) is 4.99 Å². The molecule has 5 heteroatoms. The van der Waals surface area contributed by atoms with Crippen LogP contribution in [0.1, 0.15) is 18.1 Å². The first-order valence-corrected chi connectivity index (χ1v) is 5.24. The molecule has 1 aromatic carbocycles. The zero-order valence-electron chi connectivity index (χ0n) is 8.58. The first kappa shape index (κ1) is 13.0. The Hall–Kier alpha value is -1.10. The van der Waals surface area contributed by atoms with E-state index in [9.17, 15) is 10.2 Å². The third-order valence-electron chi connectivity index (χ3n) is 2.20. The minimum absolute atomic E-state index is 0.140. The molecule has 0 heterocycles. The van der Waals surface area contributed by atoms with E-state index in [0.717, 1.165) is 0 Å². The molecule has 0 fully saturated rings. The summed E-state index contributed by atoms with van der Waals surface area (Å²) < 4.78 is 0. The summed E-state index contributed by atoms with van der Waals surface area (Å²) in [5, 5.41) is 30.1. The fourth-order valence-corrected chi connectivity index (χ4v) is 1.42. The topological polar surface area (TPSA) is 73.0 Å². The van der Waals surface area contributed by atoms with Crippen molar-refractivity contribution in [3.63, 3.8) is 0 Å². The highest BCUT2D eigenvalue weighted by Crippen LogP contribution is 2.21. The highest BCUT2D eigenvalue weighted by molar-refractivity contribution is 7.78. The van der Waals surface area contributed by atoms with Gasteiger partial charge >= 0.3 is 0 Å². The Morgan fingerprint density at radius 3 is 2.38 bits per heavy atom. The molecule has 86 valence electrons. The SMILES string of the molecule is OCCC(O)C(O)c1ccc(N=C=S)cc1. The van der Waals surface area contributed by atoms with Crippen molar-refractivity contribution in [3.8, 4) is 0 Å². The van der Waals surface area contributed by atoms with Gasteiger partial charge in [-0.05, 0) is 36.3 Å². The van der Waals surface area contributed by atoms with Crippen LogP contribution in [0.2, 0.25) is 0 Å². The zero-order valence-corrected chi connectivity index (χ0v) is 9.39. The van der Waals surface area contributed by atoms with Crippen LogP contribution >= 0.6 is 12.2 Å². The van der Waals surface area contributed by atoms with Crippen LogP contribution in [0.5, 0.6) is 0 Å². The molecule has 0 aliphatic carbocycles. The summed E-state index contributed by atoms with van der Waals surface area (Å²) >= 11 is 4.46. The van der Waals surface area contributed by atoms with Crippen molar-refractivity contribution in [1.29, 1.82) is 0 Å². The van der Waals surface area contributed by atoms with Crippen LogP contribution in [0.3, 0.4) is 0 Å². The normalized spacial score (nSPS) is 13.9. The molecular weight excluding hydrogens is 226 g/mol. The number of hydrogen-bond donors (Lipinski definition) is 3. The average Bonchev–Trinajstić information content (AvgIpc) is 2.30. The molecule has 0 saturated carbocycles. The summed E-state index contributed by atoms with van der Waals surface area (Å²) in [6.07, 6.45) is -1.83. The number of aliphatic hydroxyl groups excluding tert-OH is 3. The summed E-state index contributed by atoms with van der Waals surface area (Å²) in [5.74, 6) is 0. The van der Waals surface area contributed by atoms with E-state index in [-0.39, 0.29) is 13.0 Å².